The van der Waals surface area contributed by atoms with Gasteiger partial charge in [0.2, 0.25) is 0 Å². The van der Waals surface area contributed by atoms with Crippen molar-refractivity contribution in [3.05, 3.63) is 12.7 Å². The third-order valence-electron chi connectivity index (χ3n) is 1.46. The number of ether oxygens (including phenoxy) is 1. The topological polar surface area (TPSA) is 9.23 Å². The van der Waals surface area contributed by atoms with Crippen molar-refractivity contribution in [2.75, 3.05) is 6.61 Å². The van der Waals surface area contributed by atoms with Gasteiger partial charge in [0.1, 0.15) is 0 Å². The van der Waals surface area contributed by atoms with Crippen LogP contribution < -0.4 is 0 Å². The molecule has 1 fully saturated rings. The van der Waals surface area contributed by atoms with Gasteiger partial charge in [0.05, 0.1) is 6.10 Å². The summed E-state index contributed by atoms with van der Waals surface area (Å²) in [6.07, 6.45) is 3.68. The van der Waals surface area contributed by atoms with Crippen molar-refractivity contribution >= 4 is 0 Å². The highest BCUT2D eigenvalue weighted by Gasteiger charge is 2.34. The molecule has 0 spiro atoms. The van der Waals surface area contributed by atoms with E-state index in [0.717, 1.165) is 6.61 Å². The van der Waals surface area contributed by atoms with Gasteiger partial charge in [-0.15, -0.1) is 6.58 Å². The molecule has 0 amide bonds. The Hall–Kier alpha value is -0.300. The van der Waals surface area contributed by atoms with E-state index in [0.29, 0.717) is 12.0 Å². The molecule has 1 aliphatic carbocycles. The summed E-state index contributed by atoms with van der Waals surface area (Å²) >= 11 is 0. The van der Waals surface area contributed by atoms with E-state index in [1.165, 1.54) is 6.42 Å². The maximum atomic E-state index is 5.29. The Morgan fingerprint density at radius 2 is 2.62 bits per heavy atom. The minimum Gasteiger partial charge on any atom is -0.378 e. The molecule has 1 aliphatic rings. The quantitative estimate of drug-likeness (QED) is 0.504. The molecule has 0 saturated heterocycles. The van der Waals surface area contributed by atoms with Crippen LogP contribution in [0.3, 0.4) is 0 Å². The first-order chi connectivity index (χ1) is 3.88. The molecule has 1 unspecified atom stereocenters. The van der Waals surface area contributed by atoms with Crippen LogP contribution in [0.5, 0.6) is 0 Å². The molecule has 1 rings (SSSR count). The monoisotopic (exact) mass is 112 g/mol. The van der Waals surface area contributed by atoms with Crippen LogP contribution in [0.25, 0.3) is 0 Å². The molecule has 1 saturated carbocycles. The van der Waals surface area contributed by atoms with E-state index in [2.05, 4.69) is 6.58 Å². The van der Waals surface area contributed by atoms with Gasteiger partial charge >= 0.3 is 0 Å². The minimum absolute atomic E-state index is 0.512. The second-order valence-corrected chi connectivity index (χ2v) is 2.13. The summed E-state index contributed by atoms with van der Waals surface area (Å²) < 4.78 is 5.29. The average Bonchev–Trinajstić information content (AvgIpc) is 2.48. The maximum absolute atomic E-state index is 5.29. The van der Waals surface area contributed by atoms with Gasteiger partial charge < -0.3 is 4.74 Å². The Balaban J connectivity index is 2.07. The van der Waals surface area contributed by atoms with Gasteiger partial charge in [0.25, 0.3) is 0 Å². The Labute approximate surface area is 50.3 Å². The highest BCUT2D eigenvalue weighted by Crippen LogP contribution is 2.33. The van der Waals surface area contributed by atoms with Crippen LogP contribution in [-0.2, 0) is 4.74 Å². The third-order valence-corrected chi connectivity index (χ3v) is 1.46. The lowest BCUT2D eigenvalue weighted by Crippen LogP contribution is -1.93. The van der Waals surface area contributed by atoms with E-state index < -0.39 is 0 Å². The second-order valence-electron chi connectivity index (χ2n) is 2.13. The zero-order valence-electron chi connectivity index (χ0n) is 5.26. The van der Waals surface area contributed by atoms with E-state index in [-0.39, 0.29) is 0 Å². The molecule has 0 radical (unpaired) electrons. The second kappa shape index (κ2) is 2.31. The largest absolute Gasteiger partial charge is 0.378 e. The molecule has 0 heterocycles. The summed E-state index contributed by atoms with van der Waals surface area (Å²) in [6.45, 7) is 6.54. The molecule has 0 N–H and O–H groups in total. The van der Waals surface area contributed by atoms with Gasteiger partial charge in [-0.2, -0.15) is 0 Å². The third kappa shape index (κ3) is 1.10. The zero-order valence-corrected chi connectivity index (χ0v) is 5.26. The molecule has 0 aromatic carbocycles. The standard InChI is InChI=1S/C7H12O/c1-3-6-5-7(6)8-4-2/h3,6-7H,1,4-5H2,2H3/t6-,7?/m0/s1. The maximum Gasteiger partial charge on any atom is 0.0644 e. The van der Waals surface area contributed by atoms with Gasteiger partial charge in [-0.25, -0.2) is 0 Å². The number of hydrogen-bond acceptors (Lipinski definition) is 1. The molecule has 2 atom stereocenters. The van der Waals surface area contributed by atoms with Crippen LogP contribution in [0.4, 0.5) is 0 Å². The smallest absolute Gasteiger partial charge is 0.0644 e. The van der Waals surface area contributed by atoms with Gasteiger partial charge in [0.15, 0.2) is 0 Å². The SMILES string of the molecule is C=C[C@H]1CC1OCC. The predicted molar refractivity (Wildman–Crippen MR) is 33.7 cm³/mol. The van der Waals surface area contributed by atoms with Crippen LogP contribution in [0.15, 0.2) is 12.7 Å². The van der Waals surface area contributed by atoms with Gasteiger partial charge in [-0.1, -0.05) is 6.08 Å². The molecule has 1 nitrogen and oxygen atoms in total. The lowest BCUT2D eigenvalue weighted by atomic mass is 10.4. The molecule has 8 heavy (non-hydrogen) atoms. The molecular formula is C7H12O. The first-order valence-electron chi connectivity index (χ1n) is 3.12. The molecule has 0 aromatic heterocycles. The van der Waals surface area contributed by atoms with Crippen molar-refractivity contribution in [3.8, 4) is 0 Å². The number of hydrogen-bond donors (Lipinski definition) is 0. The summed E-state index contributed by atoms with van der Waals surface area (Å²) in [5, 5.41) is 0. The zero-order chi connectivity index (χ0) is 5.98. The molecule has 1 heteroatoms. The summed E-state index contributed by atoms with van der Waals surface area (Å²) in [5.41, 5.74) is 0. The number of rotatable bonds is 3. The highest BCUT2D eigenvalue weighted by atomic mass is 16.5. The van der Waals surface area contributed by atoms with Crippen LogP contribution in [0.1, 0.15) is 13.3 Å². The first-order valence-corrected chi connectivity index (χ1v) is 3.12. The summed E-state index contributed by atoms with van der Waals surface area (Å²) in [5.74, 6) is 0.662. The summed E-state index contributed by atoms with van der Waals surface area (Å²) in [6, 6.07) is 0. The molecule has 46 valence electrons. The minimum atomic E-state index is 0.512. The van der Waals surface area contributed by atoms with E-state index in [4.69, 9.17) is 4.74 Å². The van der Waals surface area contributed by atoms with Gasteiger partial charge in [-0.3, -0.25) is 0 Å². The molecule has 0 bridgehead atoms. The molecular weight excluding hydrogens is 100 g/mol. The van der Waals surface area contributed by atoms with Crippen LogP contribution in [0, 0.1) is 5.92 Å². The predicted octanol–water partition coefficient (Wildman–Crippen LogP) is 1.60. The fourth-order valence-electron chi connectivity index (χ4n) is 0.843. The Bertz CT molecular complexity index is 88.4. The normalized spacial score (nSPS) is 34.6. The highest BCUT2D eigenvalue weighted by molar-refractivity contribution is 4.99. The van der Waals surface area contributed by atoms with Crippen LogP contribution in [0.2, 0.25) is 0 Å². The van der Waals surface area contributed by atoms with Gasteiger partial charge in [-0.05, 0) is 13.3 Å². The van der Waals surface area contributed by atoms with Crippen molar-refractivity contribution in [2.24, 2.45) is 5.92 Å². The van der Waals surface area contributed by atoms with E-state index >= 15 is 0 Å². The Kier molecular flexibility index (Phi) is 1.69. The lowest BCUT2D eigenvalue weighted by molar-refractivity contribution is 0.126. The van der Waals surface area contributed by atoms with E-state index in [1.54, 1.807) is 0 Å². The fourth-order valence-corrected chi connectivity index (χ4v) is 0.843. The Morgan fingerprint density at radius 3 is 3.00 bits per heavy atom. The van der Waals surface area contributed by atoms with E-state index in [1.807, 2.05) is 13.0 Å². The van der Waals surface area contributed by atoms with Crippen LogP contribution in [-0.4, -0.2) is 12.7 Å². The Morgan fingerprint density at radius 1 is 1.88 bits per heavy atom. The average molecular weight is 112 g/mol. The fraction of sp³-hybridized carbons (Fsp3) is 0.714. The molecule has 0 aromatic rings. The summed E-state index contributed by atoms with van der Waals surface area (Å²) in [4.78, 5) is 0. The van der Waals surface area contributed by atoms with Crippen molar-refractivity contribution in [3.63, 3.8) is 0 Å². The van der Waals surface area contributed by atoms with Crippen LogP contribution >= 0.6 is 0 Å². The molecule has 0 aliphatic heterocycles. The summed E-state index contributed by atoms with van der Waals surface area (Å²) in [7, 11) is 0. The van der Waals surface area contributed by atoms with Gasteiger partial charge in [0, 0.05) is 12.5 Å². The van der Waals surface area contributed by atoms with E-state index in [9.17, 15) is 0 Å². The van der Waals surface area contributed by atoms with Crippen molar-refractivity contribution in [1.82, 2.24) is 0 Å². The van der Waals surface area contributed by atoms with Crippen molar-refractivity contribution in [2.45, 2.75) is 19.4 Å². The van der Waals surface area contributed by atoms with Crippen molar-refractivity contribution < 1.29 is 4.74 Å². The van der Waals surface area contributed by atoms with Crippen molar-refractivity contribution in [1.29, 1.82) is 0 Å². The lowest BCUT2D eigenvalue weighted by Gasteiger charge is -1.93. The first kappa shape index (κ1) is 5.83.